The lowest BCUT2D eigenvalue weighted by Crippen LogP contribution is -2.39. The standard InChI is InChI=1S/C20H18N2O3/c23-19-10-9-13(11-21-19)20(24)25-12-18-16-7-2-1-5-14(16)15-6-3-4-8-17(15)22-18/h1-8,13H,9-12H2,(H,21,23). The topological polar surface area (TPSA) is 68.3 Å². The second-order valence-electron chi connectivity index (χ2n) is 6.27. The molecule has 1 aliphatic heterocycles. The third kappa shape index (κ3) is 3.05. The molecule has 0 aliphatic carbocycles. The van der Waals surface area contributed by atoms with Gasteiger partial charge in [-0.15, -0.1) is 0 Å². The largest absolute Gasteiger partial charge is 0.459 e. The molecule has 1 amide bonds. The van der Waals surface area contributed by atoms with Crippen molar-refractivity contribution in [3.05, 3.63) is 54.2 Å². The Balaban J connectivity index is 1.60. The highest BCUT2D eigenvalue weighted by Gasteiger charge is 2.26. The van der Waals surface area contributed by atoms with Crippen LogP contribution in [0.4, 0.5) is 0 Å². The lowest BCUT2D eigenvalue weighted by Gasteiger charge is -2.21. The highest BCUT2D eigenvalue weighted by atomic mass is 16.5. The third-order valence-electron chi connectivity index (χ3n) is 4.64. The molecule has 0 saturated carbocycles. The fourth-order valence-electron chi connectivity index (χ4n) is 3.28. The number of para-hydroxylation sites is 1. The number of fused-ring (bicyclic) bond motifs is 3. The molecule has 1 aliphatic rings. The molecule has 25 heavy (non-hydrogen) atoms. The highest BCUT2D eigenvalue weighted by molar-refractivity contribution is 6.06. The smallest absolute Gasteiger partial charge is 0.311 e. The number of amides is 1. The van der Waals surface area contributed by atoms with E-state index in [9.17, 15) is 9.59 Å². The summed E-state index contributed by atoms with van der Waals surface area (Å²) >= 11 is 0. The summed E-state index contributed by atoms with van der Waals surface area (Å²) in [5.74, 6) is -0.560. The highest BCUT2D eigenvalue weighted by Crippen LogP contribution is 2.27. The van der Waals surface area contributed by atoms with E-state index in [4.69, 9.17) is 4.74 Å². The van der Waals surface area contributed by atoms with Crippen molar-refractivity contribution < 1.29 is 14.3 Å². The first-order valence-electron chi connectivity index (χ1n) is 8.42. The van der Waals surface area contributed by atoms with Crippen LogP contribution in [0.2, 0.25) is 0 Å². The Morgan fingerprint density at radius 1 is 1.08 bits per heavy atom. The number of hydrogen-bond acceptors (Lipinski definition) is 4. The van der Waals surface area contributed by atoms with Gasteiger partial charge in [-0.05, 0) is 17.9 Å². The molecule has 5 heteroatoms. The Morgan fingerprint density at radius 3 is 2.56 bits per heavy atom. The number of carbonyl (C=O) groups is 2. The molecule has 5 nitrogen and oxygen atoms in total. The van der Waals surface area contributed by atoms with E-state index in [0.717, 1.165) is 27.4 Å². The minimum Gasteiger partial charge on any atom is -0.459 e. The second kappa shape index (κ2) is 6.51. The van der Waals surface area contributed by atoms with Crippen molar-refractivity contribution in [1.29, 1.82) is 0 Å². The lowest BCUT2D eigenvalue weighted by molar-refractivity contribution is -0.151. The summed E-state index contributed by atoms with van der Waals surface area (Å²) in [6.45, 7) is 0.484. The fraction of sp³-hybridized carbons (Fsp3) is 0.250. The minimum absolute atomic E-state index is 0.00811. The maximum atomic E-state index is 12.3. The first kappa shape index (κ1) is 15.6. The van der Waals surface area contributed by atoms with E-state index in [1.165, 1.54) is 0 Å². The summed E-state index contributed by atoms with van der Waals surface area (Å²) in [6.07, 6.45) is 0.910. The van der Waals surface area contributed by atoms with Gasteiger partial charge in [0.15, 0.2) is 0 Å². The number of nitrogens with one attached hydrogen (secondary N) is 1. The summed E-state index contributed by atoms with van der Waals surface area (Å²) in [4.78, 5) is 28.2. The zero-order chi connectivity index (χ0) is 17.2. The molecule has 1 unspecified atom stereocenters. The molecular formula is C20H18N2O3. The molecule has 0 radical (unpaired) electrons. The van der Waals surface area contributed by atoms with Crippen molar-refractivity contribution in [2.24, 2.45) is 5.92 Å². The van der Waals surface area contributed by atoms with Crippen LogP contribution in [0.5, 0.6) is 0 Å². The lowest BCUT2D eigenvalue weighted by atomic mass is 9.99. The zero-order valence-electron chi connectivity index (χ0n) is 13.7. The maximum absolute atomic E-state index is 12.3. The number of piperidine rings is 1. The number of aromatic nitrogens is 1. The number of benzene rings is 2. The van der Waals surface area contributed by atoms with Gasteiger partial charge in [0.1, 0.15) is 6.61 Å². The third-order valence-corrected chi connectivity index (χ3v) is 4.64. The van der Waals surface area contributed by atoms with Crippen LogP contribution in [0.3, 0.4) is 0 Å². The van der Waals surface area contributed by atoms with Crippen LogP contribution in [0.25, 0.3) is 21.7 Å². The van der Waals surface area contributed by atoms with E-state index in [2.05, 4.69) is 16.4 Å². The average Bonchev–Trinajstić information content (AvgIpc) is 2.66. The normalized spacial score (nSPS) is 17.4. The fourth-order valence-corrected chi connectivity index (χ4v) is 3.28. The quantitative estimate of drug-likeness (QED) is 0.591. The summed E-state index contributed by atoms with van der Waals surface area (Å²) in [5.41, 5.74) is 1.64. The van der Waals surface area contributed by atoms with Crippen molar-refractivity contribution in [2.75, 3.05) is 6.54 Å². The summed E-state index contributed by atoms with van der Waals surface area (Å²) in [7, 11) is 0. The Kier molecular flexibility index (Phi) is 4.06. The predicted octanol–water partition coefficient (Wildman–Crippen LogP) is 2.96. The molecule has 4 rings (SSSR count). The summed E-state index contributed by atoms with van der Waals surface area (Å²) in [6, 6.07) is 16.0. The van der Waals surface area contributed by atoms with Gasteiger partial charge in [-0.25, -0.2) is 4.98 Å². The van der Waals surface area contributed by atoms with Gasteiger partial charge < -0.3 is 10.1 Å². The average molecular weight is 334 g/mol. The molecular weight excluding hydrogens is 316 g/mol. The van der Waals surface area contributed by atoms with Crippen LogP contribution in [0, 0.1) is 5.92 Å². The first-order valence-corrected chi connectivity index (χ1v) is 8.42. The number of esters is 1. The van der Waals surface area contributed by atoms with Crippen LogP contribution >= 0.6 is 0 Å². The molecule has 126 valence electrons. The van der Waals surface area contributed by atoms with Crippen LogP contribution in [-0.4, -0.2) is 23.4 Å². The van der Waals surface area contributed by atoms with E-state index in [0.29, 0.717) is 19.4 Å². The van der Waals surface area contributed by atoms with E-state index < -0.39 is 0 Å². The van der Waals surface area contributed by atoms with E-state index >= 15 is 0 Å². The Bertz CT molecular complexity index is 957. The van der Waals surface area contributed by atoms with Crippen molar-refractivity contribution >= 4 is 33.6 Å². The van der Waals surface area contributed by atoms with Gasteiger partial charge in [0.25, 0.3) is 0 Å². The minimum atomic E-state index is -0.279. The Labute approximate surface area is 145 Å². The van der Waals surface area contributed by atoms with Gasteiger partial charge in [0.05, 0.1) is 17.1 Å². The second-order valence-corrected chi connectivity index (χ2v) is 6.27. The molecule has 2 aromatic carbocycles. The van der Waals surface area contributed by atoms with Crippen molar-refractivity contribution in [2.45, 2.75) is 19.4 Å². The summed E-state index contributed by atoms with van der Waals surface area (Å²) < 4.78 is 5.51. The molecule has 2 heterocycles. The monoisotopic (exact) mass is 334 g/mol. The van der Waals surface area contributed by atoms with Crippen molar-refractivity contribution in [3.63, 3.8) is 0 Å². The molecule has 1 saturated heterocycles. The molecule has 1 atom stereocenters. The van der Waals surface area contributed by atoms with Gasteiger partial charge in [-0.3, -0.25) is 9.59 Å². The molecule has 3 aromatic rings. The predicted molar refractivity (Wildman–Crippen MR) is 94.8 cm³/mol. The van der Waals surface area contributed by atoms with Gasteiger partial charge in [-0.2, -0.15) is 0 Å². The number of ether oxygens (including phenoxy) is 1. The number of nitrogens with zero attached hydrogens (tertiary/aromatic N) is 1. The molecule has 1 fully saturated rings. The van der Waals surface area contributed by atoms with E-state index in [1.807, 2.05) is 42.5 Å². The van der Waals surface area contributed by atoms with Gasteiger partial charge in [0, 0.05) is 23.7 Å². The van der Waals surface area contributed by atoms with Crippen LogP contribution in [0.1, 0.15) is 18.5 Å². The Hall–Kier alpha value is -2.95. The number of hydrogen-bond donors (Lipinski definition) is 1. The molecule has 1 N–H and O–H groups in total. The van der Waals surface area contributed by atoms with Crippen LogP contribution in [0.15, 0.2) is 48.5 Å². The maximum Gasteiger partial charge on any atom is 0.311 e. The number of pyridine rings is 1. The van der Waals surface area contributed by atoms with Crippen LogP contribution in [-0.2, 0) is 20.9 Å². The van der Waals surface area contributed by atoms with Crippen molar-refractivity contribution in [3.8, 4) is 0 Å². The SMILES string of the molecule is O=C1CCC(C(=O)OCc2nc3ccccc3c3ccccc23)CN1. The zero-order valence-corrected chi connectivity index (χ0v) is 13.7. The van der Waals surface area contributed by atoms with Crippen LogP contribution < -0.4 is 5.32 Å². The van der Waals surface area contributed by atoms with Crippen molar-refractivity contribution in [1.82, 2.24) is 10.3 Å². The molecule has 0 spiro atoms. The van der Waals surface area contributed by atoms with E-state index in [-0.39, 0.29) is 24.4 Å². The molecule has 1 aromatic heterocycles. The number of carbonyl (C=O) groups excluding carboxylic acids is 2. The van der Waals surface area contributed by atoms with E-state index in [1.54, 1.807) is 0 Å². The number of rotatable bonds is 3. The van der Waals surface area contributed by atoms with Gasteiger partial charge in [-0.1, -0.05) is 42.5 Å². The van der Waals surface area contributed by atoms with Gasteiger partial charge in [0.2, 0.25) is 5.91 Å². The Morgan fingerprint density at radius 2 is 1.80 bits per heavy atom. The van der Waals surface area contributed by atoms with Gasteiger partial charge >= 0.3 is 5.97 Å². The first-order chi connectivity index (χ1) is 12.2. The summed E-state index contributed by atoms with van der Waals surface area (Å²) in [5, 5.41) is 5.89. The molecule has 0 bridgehead atoms.